The first kappa shape index (κ1) is 11.1. The van der Waals surface area contributed by atoms with Crippen LogP contribution in [0.3, 0.4) is 0 Å². The van der Waals surface area contributed by atoms with Gasteiger partial charge in [-0.1, -0.05) is 6.07 Å². The molecular weight excluding hydrogens is 222 g/mol. The van der Waals surface area contributed by atoms with Crippen LogP contribution in [0.15, 0.2) is 35.2 Å². The fraction of sp³-hybridized carbons (Fsp3) is 0.182. The van der Waals surface area contributed by atoms with Gasteiger partial charge in [-0.3, -0.25) is 4.98 Å². The van der Waals surface area contributed by atoms with Crippen LogP contribution in [0.2, 0.25) is 0 Å². The monoisotopic (exact) mass is 233 g/mol. The molecule has 0 saturated carbocycles. The standard InChI is InChI=1S/C11H11N3O3/c15-10(16)9-7-17-11(14-9)13-5-3-8-2-1-4-12-6-8/h1-2,4,6-7H,3,5H2,(H,13,14)(H,15,16). The SMILES string of the molecule is O=C(O)c1coc(NCCc2cccnc2)n1. The Hall–Kier alpha value is -2.37. The van der Waals surface area contributed by atoms with Crippen molar-refractivity contribution in [3.05, 3.63) is 42.0 Å². The molecule has 6 nitrogen and oxygen atoms in total. The van der Waals surface area contributed by atoms with Crippen LogP contribution in [0.1, 0.15) is 16.1 Å². The zero-order valence-electron chi connectivity index (χ0n) is 8.96. The summed E-state index contributed by atoms with van der Waals surface area (Å²) >= 11 is 0. The number of nitrogens with one attached hydrogen (secondary N) is 1. The Morgan fingerprint density at radius 2 is 2.41 bits per heavy atom. The molecule has 0 aliphatic carbocycles. The van der Waals surface area contributed by atoms with Crippen LogP contribution < -0.4 is 5.32 Å². The Balaban J connectivity index is 1.84. The molecule has 2 rings (SSSR count). The lowest BCUT2D eigenvalue weighted by molar-refractivity contribution is 0.0690. The fourth-order valence-corrected chi connectivity index (χ4v) is 1.31. The van der Waals surface area contributed by atoms with Gasteiger partial charge in [-0.15, -0.1) is 0 Å². The average molecular weight is 233 g/mol. The van der Waals surface area contributed by atoms with E-state index in [0.717, 1.165) is 18.2 Å². The van der Waals surface area contributed by atoms with E-state index in [1.807, 2.05) is 12.1 Å². The van der Waals surface area contributed by atoms with Crippen molar-refractivity contribution in [3.8, 4) is 0 Å². The molecule has 0 saturated heterocycles. The van der Waals surface area contributed by atoms with Gasteiger partial charge in [0.15, 0.2) is 5.69 Å². The van der Waals surface area contributed by atoms with E-state index >= 15 is 0 Å². The zero-order valence-corrected chi connectivity index (χ0v) is 8.96. The van der Waals surface area contributed by atoms with E-state index in [-0.39, 0.29) is 11.7 Å². The van der Waals surface area contributed by atoms with Gasteiger partial charge >= 0.3 is 5.97 Å². The largest absolute Gasteiger partial charge is 0.476 e. The maximum Gasteiger partial charge on any atom is 0.357 e. The first-order valence-electron chi connectivity index (χ1n) is 5.07. The molecule has 0 unspecified atom stereocenters. The lowest BCUT2D eigenvalue weighted by atomic mass is 10.2. The number of aromatic nitrogens is 2. The lowest BCUT2D eigenvalue weighted by Crippen LogP contribution is -2.05. The van der Waals surface area contributed by atoms with Crippen LogP contribution in [0.5, 0.6) is 0 Å². The molecule has 0 bridgehead atoms. The molecule has 0 aromatic carbocycles. The molecule has 88 valence electrons. The summed E-state index contributed by atoms with van der Waals surface area (Å²) in [6, 6.07) is 4.04. The average Bonchev–Trinajstić information content (AvgIpc) is 2.79. The molecule has 2 aromatic rings. The Kier molecular flexibility index (Phi) is 3.34. The van der Waals surface area contributed by atoms with Gasteiger partial charge in [-0.25, -0.2) is 4.79 Å². The third-order valence-corrected chi connectivity index (χ3v) is 2.14. The first-order chi connectivity index (χ1) is 8.25. The molecule has 0 amide bonds. The van der Waals surface area contributed by atoms with Gasteiger partial charge in [0.05, 0.1) is 0 Å². The molecule has 0 radical (unpaired) electrons. The van der Waals surface area contributed by atoms with Gasteiger partial charge in [-0.05, 0) is 18.1 Å². The third kappa shape index (κ3) is 3.04. The minimum Gasteiger partial charge on any atom is -0.476 e. The van der Waals surface area contributed by atoms with Crippen LogP contribution in [-0.2, 0) is 6.42 Å². The fourth-order valence-electron chi connectivity index (χ4n) is 1.31. The number of oxazole rings is 1. The van der Waals surface area contributed by atoms with Gasteiger partial charge in [0.1, 0.15) is 6.26 Å². The molecule has 0 spiro atoms. The second kappa shape index (κ2) is 5.11. The van der Waals surface area contributed by atoms with Gasteiger partial charge in [-0.2, -0.15) is 4.98 Å². The summed E-state index contributed by atoms with van der Waals surface area (Å²) < 4.78 is 4.95. The predicted molar refractivity (Wildman–Crippen MR) is 59.9 cm³/mol. The smallest absolute Gasteiger partial charge is 0.357 e. The number of hydrogen-bond acceptors (Lipinski definition) is 5. The molecule has 2 aromatic heterocycles. The maximum atomic E-state index is 10.6. The van der Waals surface area contributed by atoms with Crippen LogP contribution >= 0.6 is 0 Å². The molecule has 6 heteroatoms. The van der Waals surface area contributed by atoms with Crippen molar-refractivity contribution in [1.29, 1.82) is 0 Å². The van der Waals surface area contributed by atoms with Crippen molar-refractivity contribution in [3.63, 3.8) is 0 Å². The number of nitrogens with zero attached hydrogens (tertiary/aromatic N) is 2. The van der Waals surface area contributed by atoms with Crippen LogP contribution in [0.25, 0.3) is 0 Å². The highest BCUT2D eigenvalue weighted by atomic mass is 16.4. The van der Waals surface area contributed by atoms with Gasteiger partial charge in [0.25, 0.3) is 6.01 Å². The number of carboxylic acids is 1. The lowest BCUT2D eigenvalue weighted by Gasteiger charge is -2.00. The van der Waals surface area contributed by atoms with Crippen LogP contribution in [0, 0.1) is 0 Å². The number of carbonyl (C=O) groups is 1. The van der Waals surface area contributed by atoms with Gasteiger partial charge in [0, 0.05) is 18.9 Å². The topological polar surface area (TPSA) is 88.2 Å². The van der Waals surface area contributed by atoms with Gasteiger partial charge < -0.3 is 14.8 Å². The minimum atomic E-state index is -1.10. The number of anilines is 1. The van der Waals surface area contributed by atoms with Crippen LogP contribution in [0.4, 0.5) is 6.01 Å². The number of pyridine rings is 1. The van der Waals surface area contributed by atoms with Gasteiger partial charge in [0.2, 0.25) is 0 Å². The Morgan fingerprint density at radius 1 is 1.53 bits per heavy atom. The van der Waals surface area contributed by atoms with E-state index in [9.17, 15) is 4.79 Å². The molecule has 0 aliphatic rings. The van der Waals surface area contributed by atoms with E-state index in [1.165, 1.54) is 0 Å². The van der Waals surface area contributed by atoms with Crippen molar-refractivity contribution >= 4 is 12.0 Å². The number of hydrogen-bond donors (Lipinski definition) is 2. The Bertz CT molecular complexity index is 496. The summed E-state index contributed by atoms with van der Waals surface area (Å²) in [5.74, 6) is -1.10. The summed E-state index contributed by atoms with van der Waals surface area (Å²) in [6.45, 7) is 0.602. The normalized spacial score (nSPS) is 10.1. The molecule has 0 atom stereocenters. The Morgan fingerprint density at radius 3 is 3.06 bits per heavy atom. The summed E-state index contributed by atoms with van der Waals surface area (Å²) in [7, 11) is 0. The van der Waals surface area contributed by atoms with E-state index in [2.05, 4.69) is 15.3 Å². The quantitative estimate of drug-likeness (QED) is 0.812. The van der Waals surface area contributed by atoms with E-state index < -0.39 is 5.97 Å². The van der Waals surface area contributed by atoms with E-state index in [4.69, 9.17) is 9.52 Å². The molecule has 2 N–H and O–H groups in total. The van der Waals surface area contributed by atoms with E-state index in [1.54, 1.807) is 12.4 Å². The highest BCUT2D eigenvalue weighted by Gasteiger charge is 2.09. The molecule has 17 heavy (non-hydrogen) atoms. The Labute approximate surface area is 97.3 Å². The first-order valence-corrected chi connectivity index (χ1v) is 5.07. The predicted octanol–water partition coefficient (Wildman–Crippen LogP) is 1.42. The van der Waals surface area contributed by atoms with Crippen molar-refractivity contribution in [1.82, 2.24) is 9.97 Å². The molecule has 0 aliphatic heterocycles. The third-order valence-electron chi connectivity index (χ3n) is 2.14. The van der Waals surface area contributed by atoms with E-state index in [0.29, 0.717) is 6.54 Å². The maximum absolute atomic E-state index is 10.6. The summed E-state index contributed by atoms with van der Waals surface area (Å²) in [4.78, 5) is 18.3. The molecular formula is C11H11N3O3. The van der Waals surface area contributed by atoms with Crippen molar-refractivity contribution in [2.24, 2.45) is 0 Å². The van der Waals surface area contributed by atoms with Crippen molar-refractivity contribution < 1.29 is 14.3 Å². The number of aromatic carboxylic acids is 1. The molecule has 2 heterocycles. The zero-order chi connectivity index (χ0) is 12.1. The highest BCUT2D eigenvalue weighted by Crippen LogP contribution is 2.07. The summed E-state index contributed by atoms with van der Waals surface area (Å²) in [6.07, 6.45) is 5.36. The number of carboxylic acid groups (broad SMARTS) is 1. The van der Waals surface area contributed by atoms with Crippen molar-refractivity contribution in [2.45, 2.75) is 6.42 Å². The highest BCUT2D eigenvalue weighted by molar-refractivity contribution is 5.85. The number of rotatable bonds is 5. The second-order valence-electron chi connectivity index (χ2n) is 3.38. The summed E-state index contributed by atoms with van der Waals surface area (Å²) in [5, 5.41) is 11.5. The van der Waals surface area contributed by atoms with Crippen LogP contribution in [-0.4, -0.2) is 27.6 Å². The molecule has 0 fully saturated rings. The summed E-state index contributed by atoms with van der Waals surface area (Å²) in [5.41, 5.74) is 0.985. The second-order valence-corrected chi connectivity index (χ2v) is 3.38. The minimum absolute atomic E-state index is 0.103. The van der Waals surface area contributed by atoms with Crippen molar-refractivity contribution in [2.75, 3.05) is 11.9 Å².